The summed E-state index contributed by atoms with van der Waals surface area (Å²) in [5.74, 6) is 6.58. The second kappa shape index (κ2) is 7.49. The predicted octanol–water partition coefficient (Wildman–Crippen LogP) is 6.21. The molecule has 1 heteroatoms. The Balaban J connectivity index is 1.81. The lowest BCUT2D eigenvalue weighted by atomic mass is 10.1. The normalized spacial score (nSPS) is 10.5. The van der Waals surface area contributed by atoms with Crippen molar-refractivity contribution in [2.24, 2.45) is 0 Å². The maximum Gasteiger partial charge on any atom is 0.0358 e. The maximum atomic E-state index is 3.30. The summed E-state index contributed by atoms with van der Waals surface area (Å²) in [7, 11) is 0. The summed E-state index contributed by atoms with van der Waals surface area (Å²) in [6.45, 7) is 4.44. The molecule has 0 amide bonds. The number of benzene rings is 2. The predicted molar refractivity (Wildman–Crippen MR) is 102 cm³/mol. The van der Waals surface area contributed by atoms with Crippen molar-refractivity contribution in [3.05, 3.63) is 70.1 Å². The molecule has 3 rings (SSSR count). The van der Waals surface area contributed by atoms with Crippen LogP contribution in [0.1, 0.15) is 48.3 Å². The minimum atomic E-state index is 1.09. The third-order valence-corrected chi connectivity index (χ3v) is 5.07. The van der Waals surface area contributed by atoms with Crippen LogP contribution in [0.25, 0.3) is 10.1 Å². The Morgan fingerprint density at radius 2 is 1.48 bits per heavy atom. The smallest absolute Gasteiger partial charge is 0.0358 e. The Kier molecular flexibility index (Phi) is 5.16. The van der Waals surface area contributed by atoms with E-state index in [1.807, 2.05) is 11.3 Å². The highest BCUT2D eigenvalue weighted by molar-refractivity contribution is 7.19. The van der Waals surface area contributed by atoms with Gasteiger partial charge in [-0.15, -0.1) is 11.3 Å². The fourth-order valence-corrected chi connectivity index (χ4v) is 3.93. The first kappa shape index (κ1) is 15.8. The molecule has 0 saturated heterocycles. The van der Waals surface area contributed by atoms with E-state index in [9.17, 15) is 0 Å². The van der Waals surface area contributed by atoms with Gasteiger partial charge in [-0.05, 0) is 54.1 Å². The summed E-state index contributed by atoms with van der Waals surface area (Å²) >= 11 is 1.90. The van der Waals surface area contributed by atoms with Gasteiger partial charge in [-0.25, -0.2) is 0 Å². The molecule has 116 valence electrons. The lowest BCUT2D eigenvalue weighted by Crippen LogP contribution is -1.83. The van der Waals surface area contributed by atoms with Crippen molar-refractivity contribution in [2.45, 2.75) is 39.5 Å². The lowest BCUT2D eigenvalue weighted by Gasteiger charge is -1.97. The van der Waals surface area contributed by atoms with Gasteiger partial charge in [0.2, 0.25) is 0 Å². The van der Waals surface area contributed by atoms with Crippen LogP contribution in [0.2, 0.25) is 0 Å². The van der Waals surface area contributed by atoms with Crippen LogP contribution in [0, 0.1) is 11.8 Å². The zero-order chi connectivity index (χ0) is 16.1. The van der Waals surface area contributed by atoms with E-state index in [0.717, 1.165) is 17.5 Å². The molecule has 0 fully saturated rings. The van der Waals surface area contributed by atoms with E-state index in [1.54, 1.807) is 0 Å². The number of aryl methyl sites for hydroxylation is 2. The highest BCUT2D eigenvalue weighted by atomic mass is 32.1. The van der Waals surface area contributed by atoms with Crippen LogP contribution in [0.5, 0.6) is 0 Å². The zero-order valence-corrected chi connectivity index (χ0v) is 14.7. The van der Waals surface area contributed by atoms with E-state index in [-0.39, 0.29) is 0 Å². The minimum absolute atomic E-state index is 1.09. The number of rotatable bonds is 4. The summed E-state index contributed by atoms with van der Waals surface area (Å²) < 4.78 is 1.35. The molecule has 0 nitrogen and oxygen atoms in total. The van der Waals surface area contributed by atoms with Crippen molar-refractivity contribution in [3.63, 3.8) is 0 Å². The summed E-state index contributed by atoms with van der Waals surface area (Å²) in [4.78, 5) is 1.47. The molecule has 3 aromatic rings. The van der Waals surface area contributed by atoms with Gasteiger partial charge >= 0.3 is 0 Å². The van der Waals surface area contributed by atoms with E-state index >= 15 is 0 Å². The first-order valence-electron chi connectivity index (χ1n) is 8.42. The highest BCUT2D eigenvalue weighted by Gasteiger charge is 2.01. The Labute approximate surface area is 143 Å². The molecular formula is C22H22S. The molecule has 0 radical (unpaired) electrons. The second-order valence-electron chi connectivity index (χ2n) is 5.91. The van der Waals surface area contributed by atoms with Gasteiger partial charge in [-0.3, -0.25) is 0 Å². The first-order valence-corrected chi connectivity index (χ1v) is 9.23. The largest absolute Gasteiger partial charge is 0.140 e. The van der Waals surface area contributed by atoms with Crippen LogP contribution in [-0.4, -0.2) is 0 Å². The topological polar surface area (TPSA) is 0 Å². The third-order valence-electron chi connectivity index (χ3n) is 3.91. The first-order chi connectivity index (χ1) is 11.3. The summed E-state index contributed by atoms with van der Waals surface area (Å²) in [5.41, 5.74) is 3.57. The second-order valence-corrected chi connectivity index (χ2v) is 7.08. The maximum absolute atomic E-state index is 3.30. The van der Waals surface area contributed by atoms with E-state index < -0.39 is 0 Å². The fraction of sp³-hybridized carbons (Fsp3) is 0.273. The van der Waals surface area contributed by atoms with Gasteiger partial charge < -0.3 is 0 Å². The minimum Gasteiger partial charge on any atom is -0.140 e. The average Bonchev–Trinajstić information content (AvgIpc) is 2.96. The number of fused-ring (bicyclic) bond motifs is 1. The highest BCUT2D eigenvalue weighted by Crippen LogP contribution is 2.27. The third kappa shape index (κ3) is 4.03. The molecular weight excluding hydrogens is 296 g/mol. The summed E-state index contributed by atoms with van der Waals surface area (Å²) in [6, 6.07) is 17.5. The molecule has 1 aromatic heterocycles. The zero-order valence-electron chi connectivity index (χ0n) is 13.9. The molecule has 1 heterocycles. The van der Waals surface area contributed by atoms with E-state index in [4.69, 9.17) is 0 Å². The van der Waals surface area contributed by atoms with E-state index in [2.05, 4.69) is 74.2 Å². The van der Waals surface area contributed by atoms with Crippen LogP contribution < -0.4 is 0 Å². The monoisotopic (exact) mass is 318 g/mol. The van der Waals surface area contributed by atoms with Gasteiger partial charge in [0.1, 0.15) is 0 Å². The van der Waals surface area contributed by atoms with Crippen molar-refractivity contribution in [1.82, 2.24) is 0 Å². The average molecular weight is 318 g/mol. The van der Waals surface area contributed by atoms with Crippen LogP contribution in [0.3, 0.4) is 0 Å². The SMILES string of the molecule is CCCc1ccc(C#Cc2ccc3cc(CCC)sc3c2)cc1. The molecule has 23 heavy (non-hydrogen) atoms. The van der Waals surface area contributed by atoms with Gasteiger partial charge in [-0.1, -0.05) is 56.7 Å². The molecule has 0 spiro atoms. The standard InChI is InChI=1S/C22H22S/c1-3-5-17-7-9-18(10-8-17)11-12-19-13-14-20-16-21(6-4-2)23-22(20)15-19/h7-10,13-16H,3-6H2,1-2H3. The molecule has 0 N–H and O–H groups in total. The van der Waals surface area contributed by atoms with Crippen molar-refractivity contribution < 1.29 is 0 Å². The van der Waals surface area contributed by atoms with Crippen LogP contribution in [0.4, 0.5) is 0 Å². The molecule has 0 aliphatic carbocycles. The van der Waals surface area contributed by atoms with Gasteiger partial charge in [0.25, 0.3) is 0 Å². The molecule has 2 aromatic carbocycles. The Morgan fingerprint density at radius 1 is 0.783 bits per heavy atom. The van der Waals surface area contributed by atoms with Crippen LogP contribution in [0.15, 0.2) is 48.5 Å². The number of thiophene rings is 1. The molecule has 0 bridgehead atoms. The summed E-state index contributed by atoms with van der Waals surface area (Å²) in [6.07, 6.45) is 4.70. The van der Waals surface area contributed by atoms with E-state index in [0.29, 0.717) is 0 Å². The molecule has 0 aliphatic rings. The van der Waals surface area contributed by atoms with Gasteiger partial charge in [0, 0.05) is 20.7 Å². The van der Waals surface area contributed by atoms with Crippen LogP contribution in [-0.2, 0) is 12.8 Å². The molecule has 0 atom stereocenters. The van der Waals surface area contributed by atoms with Gasteiger partial charge in [-0.2, -0.15) is 0 Å². The van der Waals surface area contributed by atoms with Crippen molar-refractivity contribution in [2.75, 3.05) is 0 Å². The van der Waals surface area contributed by atoms with Crippen LogP contribution >= 0.6 is 11.3 Å². The van der Waals surface area contributed by atoms with Crippen molar-refractivity contribution in [1.29, 1.82) is 0 Å². The van der Waals surface area contributed by atoms with E-state index in [1.165, 1.54) is 39.8 Å². The lowest BCUT2D eigenvalue weighted by molar-refractivity contribution is 0.922. The quantitative estimate of drug-likeness (QED) is 0.502. The number of hydrogen-bond acceptors (Lipinski definition) is 1. The Hall–Kier alpha value is -2.04. The fourth-order valence-electron chi connectivity index (χ4n) is 2.72. The van der Waals surface area contributed by atoms with Gasteiger partial charge in [0.05, 0.1) is 0 Å². The van der Waals surface area contributed by atoms with Crippen molar-refractivity contribution in [3.8, 4) is 11.8 Å². The summed E-state index contributed by atoms with van der Waals surface area (Å²) in [5, 5.41) is 1.34. The molecule has 0 aliphatic heterocycles. The Morgan fingerprint density at radius 3 is 2.22 bits per heavy atom. The van der Waals surface area contributed by atoms with Gasteiger partial charge in [0.15, 0.2) is 0 Å². The molecule has 0 unspecified atom stereocenters. The molecule has 0 saturated carbocycles. The number of hydrogen-bond donors (Lipinski definition) is 0. The van der Waals surface area contributed by atoms with Crippen molar-refractivity contribution >= 4 is 21.4 Å². The Bertz CT molecular complexity index is 841.